The summed E-state index contributed by atoms with van der Waals surface area (Å²) in [5, 5.41) is 3.67. The molecule has 2 rings (SSSR count). The Morgan fingerprint density at radius 2 is 2.08 bits per heavy atom. The molecule has 1 aromatic rings. The number of carbonyl (C=O) groups excluding carboxylic acids is 1. The van der Waals surface area contributed by atoms with Crippen LogP contribution in [-0.4, -0.2) is 56.3 Å². The number of rotatable bonds is 8. The van der Waals surface area contributed by atoms with E-state index in [2.05, 4.69) is 10.2 Å². The Hall–Kier alpha value is -1.30. The van der Waals surface area contributed by atoms with Crippen LogP contribution in [0.3, 0.4) is 0 Å². The van der Waals surface area contributed by atoms with Crippen molar-refractivity contribution >= 4 is 17.5 Å². The first kappa shape index (κ1) is 19.0. The monoisotopic (exact) mass is 354 g/mol. The first-order valence-electron chi connectivity index (χ1n) is 8.35. The van der Waals surface area contributed by atoms with Crippen molar-refractivity contribution in [2.75, 3.05) is 39.9 Å². The van der Waals surface area contributed by atoms with E-state index in [1.54, 1.807) is 45.2 Å². The standard InChI is InChI=1S/C18H27ClN2O3/c1-18(2,24-16-6-4-15(19)5-7-16)17(22)20-12-14-8-9-21(13-14)10-11-23-3/h4-7,14H,8-13H2,1-3H3,(H,20,22). The normalized spacial score (nSPS) is 18.6. The number of carbonyl (C=O) groups is 1. The second-order valence-electron chi connectivity index (χ2n) is 6.72. The van der Waals surface area contributed by atoms with Gasteiger partial charge in [-0.3, -0.25) is 4.79 Å². The van der Waals surface area contributed by atoms with Crippen LogP contribution in [0.1, 0.15) is 20.3 Å². The Bertz CT molecular complexity index is 534. The summed E-state index contributed by atoms with van der Waals surface area (Å²) in [4.78, 5) is 14.8. The number of likely N-dealkylation sites (tertiary alicyclic amines) is 1. The molecule has 6 heteroatoms. The summed E-state index contributed by atoms with van der Waals surface area (Å²) < 4.78 is 10.9. The van der Waals surface area contributed by atoms with Gasteiger partial charge in [0.15, 0.2) is 5.60 Å². The fraction of sp³-hybridized carbons (Fsp3) is 0.611. The lowest BCUT2D eigenvalue weighted by Gasteiger charge is -2.26. The van der Waals surface area contributed by atoms with Crippen molar-refractivity contribution in [3.05, 3.63) is 29.3 Å². The number of ether oxygens (including phenoxy) is 2. The number of hydrogen-bond acceptors (Lipinski definition) is 4. The Balaban J connectivity index is 1.77. The van der Waals surface area contributed by atoms with Crippen LogP contribution in [0.25, 0.3) is 0 Å². The van der Waals surface area contributed by atoms with Gasteiger partial charge in [-0.25, -0.2) is 0 Å². The van der Waals surface area contributed by atoms with Crippen LogP contribution in [0, 0.1) is 5.92 Å². The van der Waals surface area contributed by atoms with Gasteiger partial charge >= 0.3 is 0 Å². The van der Waals surface area contributed by atoms with E-state index in [9.17, 15) is 4.79 Å². The van der Waals surface area contributed by atoms with Gasteiger partial charge in [0, 0.05) is 31.8 Å². The van der Waals surface area contributed by atoms with Crippen LogP contribution < -0.4 is 10.1 Å². The highest BCUT2D eigenvalue weighted by atomic mass is 35.5. The molecule has 1 heterocycles. The van der Waals surface area contributed by atoms with Crippen molar-refractivity contribution in [1.29, 1.82) is 0 Å². The van der Waals surface area contributed by atoms with Gasteiger partial charge in [0.2, 0.25) is 0 Å². The van der Waals surface area contributed by atoms with Crippen molar-refractivity contribution in [1.82, 2.24) is 10.2 Å². The largest absolute Gasteiger partial charge is 0.478 e. The molecule has 1 amide bonds. The first-order chi connectivity index (χ1) is 11.4. The van der Waals surface area contributed by atoms with Crippen molar-refractivity contribution < 1.29 is 14.3 Å². The summed E-state index contributed by atoms with van der Waals surface area (Å²) in [6.45, 7) is 7.99. The first-order valence-corrected chi connectivity index (χ1v) is 8.72. The van der Waals surface area contributed by atoms with Crippen molar-refractivity contribution in [3.63, 3.8) is 0 Å². The third kappa shape index (κ3) is 5.65. The number of halogens is 1. The lowest BCUT2D eigenvalue weighted by Crippen LogP contribution is -2.48. The van der Waals surface area contributed by atoms with Crippen LogP contribution in [0.15, 0.2) is 24.3 Å². The maximum Gasteiger partial charge on any atom is 0.263 e. The van der Waals surface area contributed by atoms with Crippen molar-refractivity contribution in [2.24, 2.45) is 5.92 Å². The number of nitrogens with zero attached hydrogens (tertiary/aromatic N) is 1. The van der Waals surface area contributed by atoms with Gasteiger partial charge in [0.1, 0.15) is 5.75 Å². The van der Waals surface area contributed by atoms with E-state index in [0.717, 1.165) is 32.7 Å². The third-order valence-corrected chi connectivity index (χ3v) is 4.52. The molecule has 1 fully saturated rings. The predicted octanol–water partition coefficient (Wildman–Crippen LogP) is 2.58. The molecule has 0 aliphatic carbocycles. The summed E-state index contributed by atoms with van der Waals surface area (Å²) in [5.74, 6) is 1.01. The zero-order valence-corrected chi connectivity index (χ0v) is 15.4. The molecular weight excluding hydrogens is 328 g/mol. The van der Waals surface area contributed by atoms with Crippen molar-refractivity contribution in [3.8, 4) is 5.75 Å². The van der Waals surface area contributed by atoms with E-state index in [1.807, 2.05) is 0 Å². The summed E-state index contributed by atoms with van der Waals surface area (Å²) in [6, 6.07) is 7.03. The highest BCUT2D eigenvalue weighted by Crippen LogP contribution is 2.21. The summed E-state index contributed by atoms with van der Waals surface area (Å²) in [7, 11) is 1.72. The number of benzene rings is 1. The summed E-state index contributed by atoms with van der Waals surface area (Å²) in [6.07, 6.45) is 1.10. The zero-order chi connectivity index (χ0) is 17.6. The average molecular weight is 355 g/mol. The highest BCUT2D eigenvalue weighted by molar-refractivity contribution is 6.30. The fourth-order valence-corrected chi connectivity index (χ4v) is 2.92. The van der Waals surface area contributed by atoms with Gasteiger partial charge in [-0.1, -0.05) is 11.6 Å². The minimum Gasteiger partial charge on any atom is -0.478 e. The SMILES string of the molecule is COCCN1CCC(CNC(=O)C(C)(C)Oc2ccc(Cl)cc2)C1. The van der Waals surface area contributed by atoms with E-state index >= 15 is 0 Å². The van der Waals surface area contributed by atoms with Gasteiger partial charge in [-0.2, -0.15) is 0 Å². The minimum atomic E-state index is -0.928. The van der Waals surface area contributed by atoms with E-state index in [-0.39, 0.29) is 5.91 Å². The molecule has 1 saturated heterocycles. The van der Waals surface area contributed by atoms with Gasteiger partial charge in [0.05, 0.1) is 6.61 Å². The van der Waals surface area contributed by atoms with Crippen LogP contribution in [-0.2, 0) is 9.53 Å². The van der Waals surface area contributed by atoms with Crippen LogP contribution >= 0.6 is 11.6 Å². The second kappa shape index (κ2) is 8.70. The molecule has 1 aliphatic heterocycles. The third-order valence-electron chi connectivity index (χ3n) is 4.27. The number of amides is 1. The fourth-order valence-electron chi connectivity index (χ4n) is 2.80. The van der Waals surface area contributed by atoms with Crippen LogP contribution in [0.4, 0.5) is 0 Å². The lowest BCUT2D eigenvalue weighted by molar-refractivity contribution is -0.134. The molecule has 24 heavy (non-hydrogen) atoms. The van der Waals surface area contributed by atoms with E-state index in [0.29, 0.717) is 23.2 Å². The van der Waals surface area contributed by atoms with E-state index in [1.165, 1.54) is 0 Å². The summed E-state index contributed by atoms with van der Waals surface area (Å²) in [5.41, 5.74) is -0.928. The smallest absolute Gasteiger partial charge is 0.263 e. The molecule has 0 bridgehead atoms. The molecular formula is C18H27ClN2O3. The second-order valence-corrected chi connectivity index (χ2v) is 7.16. The molecule has 1 unspecified atom stereocenters. The highest BCUT2D eigenvalue weighted by Gasteiger charge is 2.31. The molecule has 1 aromatic carbocycles. The Kier molecular flexibility index (Phi) is 6.90. The molecule has 1 atom stereocenters. The number of nitrogens with one attached hydrogen (secondary N) is 1. The number of methoxy groups -OCH3 is 1. The number of hydrogen-bond donors (Lipinski definition) is 1. The zero-order valence-electron chi connectivity index (χ0n) is 14.7. The maximum atomic E-state index is 12.5. The molecule has 1 N–H and O–H groups in total. The molecule has 0 spiro atoms. The molecule has 1 aliphatic rings. The van der Waals surface area contributed by atoms with Gasteiger partial charge in [-0.15, -0.1) is 0 Å². The van der Waals surface area contributed by atoms with Gasteiger partial charge in [0.25, 0.3) is 5.91 Å². The Morgan fingerprint density at radius 1 is 1.38 bits per heavy atom. The predicted molar refractivity (Wildman–Crippen MR) is 95.6 cm³/mol. The average Bonchev–Trinajstić information content (AvgIpc) is 3.00. The van der Waals surface area contributed by atoms with Crippen LogP contribution in [0.2, 0.25) is 5.02 Å². The molecule has 0 aromatic heterocycles. The van der Waals surface area contributed by atoms with Gasteiger partial charge < -0.3 is 19.7 Å². The van der Waals surface area contributed by atoms with E-state index in [4.69, 9.17) is 21.1 Å². The van der Waals surface area contributed by atoms with Crippen LogP contribution in [0.5, 0.6) is 5.75 Å². The molecule has 0 saturated carbocycles. The Morgan fingerprint density at radius 3 is 2.75 bits per heavy atom. The lowest BCUT2D eigenvalue weighted by atomic mass is 10.1. The molecule has 0 radical (unpaired) electrons. The van der Waals surface area contributed by atoms with E-state index < -0.39 is 5.60 Å². The topological polar surface area (TPSA) is 50.8 Å². The Labute approximate surface area is 149 Å². The van der Waals surface area contributed by atoms with Crippen molar-refractivity contribution in [2.45, 2.75) is 25.9 Å². The molecule has 5 nitrogen and oxygen atoms in total. The van der Waals surface area contributed by atoms with Gasteiger partial charge in [-0.05, 0) is 57.0 Å². The molecule has 134 valence electrons. The maximum absolute atomic E-state index is 12.5. The summed E-state index contributed by atoms with van der Waals surface area (Å²) >= 11 is 5.86. The minimum absolute atomic E-state index is 0.104. The quantitative estimate of drug-likeness (QED) is 0.779.